The Bertz CT molecular complexity index is 756. The summed E-state index contributed by atoms with van der Waals surface area (Å²) >= 11 is 0. The standard InChI is InChI=1S/C18H21N3/c1-13(2)19-11-17-12-21(3)20-18(17)16-9-8-14-6-4-5-7-15(14)10-16/h4-10,12-13,19H,11H2,1-3H3. The third-order valence-electron chi connectivity index (χ3n) is 3.63. The van der Waals surface area contributed by atoms with Gasteiger partial charge in [0.2, 0.25) is 0 Å². The second-order valence-electron chi connectivity index (χ2n) is 5.77. The molecule has 0 saturated heterocycles. The predicted octanol–water partition coefficient (Wildman–Crippen LogP) is 3.74. The Labute approximate surface area is 125 Å². The lowest BCUT2D eigenvalue weighted by Crippen LogP contribution is -2.21. The van der Waals surface area contributed by atoms with Gasteiger partial charge < -0.3 is 5.32 Å². The summed E-state index contributed by atoms with van der Waals surface area (Å²) in [6, 6.07) is 15.4. The molecule has 0 spiro atoms. The van der Waals surface area contributed by atoms with E-state index in [2.05, 4.69) is 72.9 Å². The van der Waals surface area contributed by atoms with Crippen molar-refractivity contribution in [3.05, 3.63) is 54.2 Å². The molecule has 0 amide bonds. The van der Waals surface area contributed by atoms with Gasteiger partial charge in [-0.15, -0.1) is 0 Å². The van der Waals surface area contributed by atoms with Crippen LogP contribution in [-0.2, 0) is 13.6 Å². The summed E-state index contributed by atoms with van der Waals surface area (Å²) in [7, 11) is 1.98. The van der Waals surface area contributed by atoms with Gasteiger partial charge in [-0.2, -0.15) is 5.10 Å². The van der Waals surface area contributed by atoms with Crippen LogP contribution < -0.4 is 5.32 Å². The van der Waals surface area contributed by atoms with Gasteiger partial charge in [-0.05, 0) is 16.8 Å². The first-order chi connectivity index (χ1) is 10.1. The molecule has 0 saturated carbocycles. The van der Waals surface area contributed by atoms with Gasteiger partial charge in [0.15, 0.2) is 0 Å². The van der Waals surface area contributed by atoms with E-state index in [0.717, 1.165) is 12.2 Å². The number of aryl methyl sites for hydroxylation is 1. The van der Waals surface area contributed by atoms with Gasteiger partial charge in [-0.1, -0.05) is 50.2 Å². The van der Waals surface area contributed by atoms with Crippen molar-refractivity contribution in [3.8, 4) is 11.3 Å². The fourth-order valence-electron chi connectivity index (χ4n) is 2.56. The Balaban J connectivity index is 2.01. The number of benzene rings is 2. The van der Waals surface area contributed by atoms with E-state index in [0.29, 0.717) is 6.04 Å². The molecule has 1 aromatic heterocycles. The minimum atomic E-state index is 0.467. The van der Waals surface area contributed by atoms with Gasteiger partial charge in [-0.3, -0.25) is 4.68 Å². The average molecular weight is 279 g/mol. The number of hydrogen-bond acceptors (Lipinski definition) is 2. The molecule has 3 rings (SSSR count). The van der Waals surface area contributed by atoms with Crippen molar-refractivity contribution in [2.24, 2.45) is 7.05 Å². The Morgan fingerprint density at radius 2 is 1.86 bits per heavy atom. The van der Waals surface area contributed by atoms with Crippen molar-refractivity contribution < 1.29 is 0 Å². The van der Waals surface area contributed by atoms with E-state index in [-0.39, 0.29) is 0 Å². The molecule has 0 aliphatic rings. The van der Waals surface area contributed by atoms with Crippen molar-refractivity contribution in [3.63, 3.8) is 0 Å². The quantitative estimate of drug-likeness (QED) is 0.788. The van der Waals surface area contributed by atoms with Crippen LogP contribution in [-0.4, -0.2) is 15.8 Å². The lowest BCUT2D eigenvalue weighted by atomic mass is 10.0. The first-order valence-corrected chi connectivity index (χ1v) is 7.38. The number of nitrogens with one attached hydrogen (secondary N) is 1. The molecule has 1 heterocycles. The van der Waals surface area contributed by atoms with Crippen molar-refractivity contribution in [2.45, 2.75) is 26.4 Å². The molecule has 0 atom stereocenters. The summed E-state index contributed by atoms with van der Waals surface area (Å²) in [6.07, 6.45) is 2.10. The van der Waals surface area contributed by atoms with Gasteiger partial charge in [-0.25, -0.2) is 0 Å². The second kappa shape index (κ2) is 5.70. The number of fused-ring (bicyclic) bond motifs is 1. The molecule has 3 heteroatoms. The van der Waals surface area contributed by atoms with Crippen LogP contribution in [0.4, 0.5) is 0 Å². The monoisotopic (exact) mass is 279 g/mol. The smallest absolute Gasteiger partial charge is 0.0968 e. The van der Waals surface area contributed by atoms with Crippen LogP contribution in [0.5, 0.6) is 0 Å². The van der Waals surface area contributed by atoms with Crippen LogP contribution >= 0.6 is 0 Å². The van der Waals surface area contributed by atoms with Crippen molar-refractivity contribution in [1.29, 1.82) is 0 Å². The zero-order valence-corrected chi connectivity index (χ0v) is 12.8. The fourth-order valence-corrected chi connectivity index (χ4v) is 2.56. The van der Waals surface area contributed by atoms with Gasteiger partial charge in [0.25, 0.3) is 0 Å². The number of rotatable bonds is 4. The summed E-state index contributed by atoms with van der Waals surface area (Å²) in [6.45, 7) is 5.16. The highest BCUT2D eigenvalue weighted by molar-refractivity contribution is 5.87. The first-order valence-electron chi connectivity index (χ1n) is 7.38. The molecular formula is C18H21N3. The molecular weight excluding hydrogens is 258 g/mol. The third kappa shape index (κ3) is 2.98. The third-order valence-corrected chi connectivity index (χ3v) is 3.63. The second-order valence-corrected chi connectivity index (χ2v) is 5.77. The molecule has 0 fully saturated rings. The highest BCUT2D eigenvalue weighted by Crippen LogP contribution is 2.26. The highest BCUT2D eigenvalue weighted by atomic mass is 15.3. The molecule has 0 bridgehead atoms. The molecule has 0 aliphatic heterocycles. The normalized spacial score (nSPS) is 11.4. The van der Waals surface area contributed by atoms with Crippen molar-refractivity contribution in [2.75, 3.05) is 0 Å². The predicted molar refractivity (Wildman–Crippen MR) is 88.1 cm³/mol. The van der Waals surface area contributed by atoms with Gasteiger partial charge in [0, 0.05) is 37.0 Å². The van der Waals surface area contributed by atoms with E-state index >= 15 is 0 Å². The molecule has 3 aromatic rings. The van der Waals surface area contributed by atoms with Crippen LogP contribution in [0.2, 0.25) is 0 Å². The van der Waals surface area contributed by atoms with Crippen molar-refractivity contribution >= 4 is 10.8 Å². The maximum Gasteiger partial charge on any atom is 0.0968 e. The van der Waals surface area contributed by atoms with Crippen LogP contribution in [0.25, 0.3) is 22.0 Å². The Hall–Kier alpha value is -2.13. The van der Waals surface area contributed by atoms with E-state index in [9.17, 15) is 0 Å². The topological polar surface area (TPSA) is 29.9 Å². The molecule has 0 unspecified atom stereocenters. The minimum absolute atomic E-state index is 0.467. The molecule has 0 radical (unpaired) electrons. The summed E-state index contributed by atoms with van der Waals surface area (Å²) in [5.41, 5.74) is 3.48. The average Bonchev–Trinajstić information content (AvgIpc) is 2.85. The van der Waals surface area contributed by atoms with Gasteiger partial charge in [0.1, 0.15) is 0 Å². The number of nitrogens with zero attached hydrogens (tertiary/aromatic N) is 2. The number of aromatic nitrogens is 2. The van der Waals surface area contributed by atoms with Gasteiger partial charge in [0.05, 0.1) is 5.69 Å². The summed E-state index contributed by atoms with van der Waals surface area (Å²) in [5, 5.41) is 10.6. The summed E-state index contributed by atoms with van der Waals surface area (Å²) in [5.74, 6) is 0. The lowest BCUT2D eigenvalue weighted by molar-refractivity contribution is 0.589. The van der Waals surface area contributed by atoms with E-state index in [1.807, 2.05) is 11.7 Å². The lowest BCUT2D eigenvalue weighted by Gasteiger charge is -2.08. The van der Waals surface area contributed by atoms with E-state index in [1.165, 1.54) is 21.9 Å². The van der Waals surface area contributed by atoms with E-state index < -0.39 is 0 Å². The molecule has 2 aromatic carbocycles. The van der Waals surface area contributed by atoms with Crippen molar-refractivity contribution in [1.82, 2.24) is 15.1 Å². The largest absolute Gasteiger partial charge is 0.310 e. The summed E-state index contributed by atoms with van der Waals surface area (Å²) < 4.78 is 1.89. The molecule has 108 valence electrons. The first kappa shape index (κ1) is 13.8. The zero-order valence-electron chi connectivity index (χ0n) is 12.8. The van der Waals surface area contributed by atoms with Crippen LogP contribution in [0.3, 0.4) is 0 Å². The highest BCUT2D eigenvalue weighted by Gasteiger charge is 2.11. The maximum atomic E-state index is 4.64. The maximum absolute atomic E-state index is 4.64. The van der Waals surface area contributed by atoms with Crippen LogP contribution in [0.15, 0.2) is 48.7 Å². The fraction of sp³-hybridized carbons (Fsp3) is 0.278. The summed E-state index contributed by atoms with van der Waals surface area (Å²) in [4.78, 5) is 0. The van der Waals surface area contributed by atoms with E-state index in [1.54, 1.807) is 0 Å². The molecule has 0 aliphatic carbocycles. The van der Waals surface area contributed by atoms with Crippen LogP contribution in [0.1, 0.15) is 19.4 Å². The Morgan fingerprint density at radius 3 is 2.62 bits per heavy atom. The van der Waals surface area contributed by atoms with E-state index in [4.69, 9.17) is 0 Å². The SMILES string of the molecule is CC(C)NCc1cn(C)nc1-c1ccc2ccccc2c1. The zero-order chi connectivity index (χ0) is 14.8. The van der Waals surface area contributed by atoms with Gasteiger partial charge >= 0.3 is 0 Å². The molecule has 1 N–H and O–H groups in total. The minimum Gasteiger partial charge on any atom is -0.310 e. The molecule has 3 nitrogen and oxygen atoms in total. The molecule has 21 heavy (non-hydrogen) atoms. The Kier molecular flexibility index (Phi) is 3.76. The van der Waals surface area contributed by atoms with Crippen LogP contribution in [0, 0.1) is 0 Å². The number of hydrogen-bond donors (Lipinski definition) is 1. The Morgan fingerprint density at radius 1 is 1.10 bits per heavy atom.